The fourth-order valence-electron chi connectivity index (χ4n) is 3.41. The molecule has 2 amide bonds. The van der Waals surface area contributed by atoms with Crippen LogP contribution in [0.25, 0.3) is 0 Å². The molecule has 3 rings (SSSR count). The van der Waals surface area contributed by atoms with E-state index in [0.29, 0.717) is 25.3 Å². The SMILES string of the molecule is COCCCNC(=O)C(=O)N/N=C/c1ccc(CN(Cc2ccc(C)cc2)S(=O)(=O)c2ccc(C)cc2)o1. The monoisotopic (exact) mass is 540 g/mol. The van der Waals surface area contributed by atoms with Crippen LogP contribution in [0.5, 0.6) is 0 Å². The summed E-state index contributed by atoms with van der Waals surface area (Å²) in [5, 5.41) is 6.20. The van der Waals surface area contributed by atoms with Crippen LogP contribution in [0.4, 0.5) is 0 Å². The zero-order valence-electron chi connectivity index (χ0n) is 21.6. The molecule has 2 N–H and O–H groups in total. The van der Waals surface area contributed by atoms with E-state index in [0.717, 1.165) is 16.7 Å². The lowest BCUT2D eigenvalue weighted by molar-refractivity contribution is -0.139. The molecular weight excluding hydrogens is 508 g/mol. The molecule has 0 aliphatic heterocycles. The first-order valence-corrected chi connectivity index (χ1v) is 13.4. The van der Waals surface area contributed by atoms with Crippen LogP contribution in [0.15, 0.2) is 75.1 Å². The van der Waals surface area contributed by atoms with Gasteiger partial charge in [0.25, 0.3) is 0 Å². The minimum Gasteiger partial charge on any atom is -0.459 e. The van der Waals surface area contributed by atoms with E-state index < -0.39 is 21.8 Å². The Morgan fingerprint density at radius 1 is 0.947 bits per heavy atom. The molecule has 0 saturated carbocycles. The van der Waals surface area contributed by atoms with Crippen LogP contribution < -0.4 is 10.7 Å². The summed E-state index contributed by atoms with van der Waals surface area (Å²) in [5.41, 5.74) is 5.00. The highest BCUT2D eigenvalue weighted by atomic mass is 32.2. The average Bonchev–Trinajstić information content (AvgIpc) is 3.34. The van der Waals surface area contributed by atoms with E-state index in [1.165, 1.54) is 10.5 Å². The van der Waals surface area contributed by atoms with Gasteiger partial charge < -0.3 is 14.5 Å². The maximum Gasteiger partial charge on any atom is 0.329 e. The molecule has 0 aliphatic rings. The van der Waals surface area contributed by atoms with Crippen molar-refractivity contribution in [2.75, 3.05) is 20.3 Å². The molecule has 11 heteroatoms. The Hall–Kier alpha value is -3.80. The summed E-state index contributed by atoms with van der Waals surface area (Å²) in [6, 6.07) is 17.6. The number of ether oxygens (including phenoxy) is 1. The topological polar surface area (TPSA) is 130 Å². The van der Waals surface area contributed by atoms with E-state index in [2.05, 4.69) is 15.8 Å². The molecule has 0 atom stereocenters. The van der Waals surface area contributed by atoms with Crippen LogP contribution in [0.1, 0.15) is 34.6 Å². The molecule has 38 heavy (non-hydrogen) atoms. The second kappa shape index (κ2) is 13.7. The standard InChI is InChI=1S/C27H32N4O6S/c1-20-5-9-22(10-6-20)18-31(38(34,35)25-13-7-21(2)8-14-25)19-24-12-11-23(37-24)17-29-30-27(33)26(32)28-15-4-16-36-3/h5-14,17H,4,15-16,18-19H2,1-3H3,(H,28,32)(H,30,33)/b29-17+. The first kappa shape index (κ1) is 28.8. The van der Waals surface area contributed by atoms with Gasteiger partial charge in [0.1, 0.15) is 11.5 Å². The Labute approximate surface area is 222 Å². The van der Waals surface area contributed by atoms with Crippen molar-refractivity contribution in [1.29, 1.82) is 0 Å². The smallest absolute Gasteiger partial charge is 0.329 e. The Morgan fingerprint density at radius 3 is 2.26 bits per heavy atom. The number of nitrogens with one attached hydrogen (secondary N) is 2. The Kier molecular flexibility index (Phi) is 10.3. The summed E-state index contributed by atoms with van der Waals surface area (Å²) < 4.78 is 39.0. The van der Waals surface area contributed by atoms with Crippen LogP contribution in [0.2, 0.25) is 0 Å². The van der Waals surface area contributed by atoms with E-state index in [-0.39, 0.29) is 23.7 Å². The molecule has 0 aliphatic carbocycles. The van der Waals surface area contributed by atoms with Gasteiger partial charge in [-0.15, -0.1) is 0 Å². The van der Waals surface area contributed by atoms with E-state index >= 15 is 0 Å². The molecule has 10 nitrogen and oxygen atoms in total. The fraction of sp³-hybridized carbons (Fsp3) is 0.296. The second-order valence-corrected chi connectivity index (χ2v) is 10.6. The molecule has 0 radical (unpaired) electrons. The van der Waals surface area contributed by atoms with Gasteiger partial charge >= 0.3 is 11.8 Å². The van der Waals surface area contributed by atoms with Crippen LogP contribution in [0, 0.1) is 13.8 Å². The quantitative estimate of drug-likeness (QED) is 0.157. The molecule has 0 spiro atoms. The summed E-state index contributed by atoms with van der Waals surface area (Å²) in [7, 11) is -2.28. The number of sulfonamides is 1. The number of amides is 2. The van der Waals surface area contributed by atoms with Gasteiger partial charge in [-0.3, -0.25) is 9.59 Å². The molecule has 3 aromatic rings. The number of nitrogens with zero attached hydrogens (tertiary/aromatic N) is 2. The van der Waals surface area contributed by atoms with Gasteiger partial charge in [0.2, 0.25) is 10.0 Å². The number of hydrogen-bond acceptors (Lipinski definition) is 7. The maximum atomic E-state index is 13.5. The van der Waals surface area contributed by atoms with Crippen LogP contribution >= 0.6 is 0 Å². The van der Waals surface area contributed by atoms with Gasteiger partial charge in [-0.25, -0.2) is 13.8 Å². The maximum absolute atomic E-state index is 13.5. The van der Waals surface area contributed by atoms with Crippen LogP contribution in [-0.4, -0.2) is 51.0 Å². The van der Waals surface area contributed by atoms with Crippen molar-refractivity contribution in [3.63, 3.8) is 0 Å². The summed E-state index contributed by atoms with van der Waals surface area (Å²) in [6.45, 7) is 4.76. The van der Waals surface area contributed by atoms with Crippen molar-refractivity contribution in [2.24, 2.45) is 5.10 Å². The van der Waals surface area contributed by atoms with E-state index in [1.807, 2.05) is 38.1 Å². The predicted octanol–water partition coefficient (Wildman–Crippen LogP) is 2.89. The van der Waals surface area contributed by atoms with Crippen LogP contribution in [-0.2, 0) is 37.4 Å². The van der Waals surface area contributed by atoms with Gasteiger partial charge in [0, 0.05) is 26.8 Å². The van der Waals surface area contributed by atoms with E-state index in [4.69, 9.17) is 9.15 Å². The average molecular weight is 541 g/mol. The van der Waals surface area contributed by atoms with Crippen LogP contribution in [0.3, 0.4) is 0 Å². The minimum atomic E-state index is -3.83. The molecular formula is C27H32N4O6S. The number of furan rings is 1. The van der Waals surface area contributed by atoms with Crippen molar-refractivity contribution in [1.82, 2.24) is 15.0 Å². The Balaban J connectivity index is 1.69. The molecule has 0 unspecified atom stereocenters. The van der Waals surface area contributed by atoms with Crippen molar-refractivity contribution in [3.8, 4) is 0 Å². The van der Waals surface area contributed by atoms with E-state index in [1.54, 1.807) is 43.5 Å². The normalized spacial score (nSPS) is 11.7. The zero-order valence-corrected chi connectivity index (χ0v) is 22.5. The van der Waals surface area contributed by atoms with Gasteiger partial charge in [-0.05, 0) is 50.1 Å². The number of hydrazone groups is 1. The number of aryl methyl sites for hydroxylation is 2. The van der Waals surface area contributed by atoms with Crippen molar-refractivity contribution in [3.05, 3.63) is 88.9 Å². The third-order valence-electron chi connectivity index (χ3n) is 5.53. The fourth-order valence-corrected chi connectivity index (χ4v) is 4.80. The molecule has 1 heterocycles. The second-order valence-electron chi connectivity index (χ2n) is 8.68. The molecule has 2 aromatic carbocycles. The molecule has 0 bridgehead atoms. The third-order valence-corrected chi connectivity index (χ3v) is 7.33. The molecule has 0 saturated heterocycles. The van der Waals surface area contributed by atoms with E-state index in [9.17, 15) is 18.0 Å². The number of benzene rings is 2. The molecule has 1 aromatic heterocycles. The first-order chi connectivity index (χ1) is 18.2. The van der Waals surface area contributed by atoms with Crippen molar-refractivity contribution in [2.45, 2.75) is 38.3 Å². The highest BCUT2D eigenvalue weighted by Gasteiger charge is 2.26. The largest absolute Gasteiger partial charge is 0.459 e. The number of methoxy groups -OCH3 is 1. The summed E-state index contributed by atoms with van der Waals surface area (Å²) in [4.78, 5) is 23.8. The van der Waals surface area contributed by atoms with Crippen molar-refractivity contribution >= 4 is 28.1 Å². The lowest BCUT2D eigenvalue weighted by atomic mass is 10.1. The number of rotatable bonds is 12. The van der Waals surface area contributed by atoms with Gasteiger partial charge in [0.15, 0.2) is 0 Å². The highest BCUT2D eigenvalue weighted by Crippen LogP contribution is 2.22. The summed E-state index contributed by atoms with van der Waals surface area (Å²) in [6.07, 6.45) is 1.81. The van der Waals surface area contributed by atoms with Gasteiger partial charge in [-0.1, -0.05) is 47.5 Å². The lowest BCUT2D eigenvalue weighted by Gasteiger charge is -2.21. The number of hydrogen-bond donors (Lipinski definition) is 2. The number of carbonyl (C=O) groups is 2. The predicted molar refractivity (Wildman–Crippen MR) is 143 cm³/mol. The molecule has 202 valence electrons. The summed E-state index contributed by atoms with van der Waals surface area (Å²) >= 11 is 0. The summed E-state index contributed by atoms with van der Waals surface area (Å²) in [5.74, 6) is -1.06. The van der Waals surface area contributed by atoms with Gasteiger partial charge in [0.05, 0.1) is 17.7 Å². The Bertz CT molecular complexity index is 1350. The minimum absolute atomic E-state index is 0.0197. The third kappa shape index (κ3) is 8.37. The molecule has 0 fully saturated rings. The Morgan fingerprint density at radius 2 is 1.61 bits per heavy atom. The zero-order chi connectivity index (χ0) is 27.5. The van der Waals surface area contributed by atoms with Gasteiger partial charge in [-0.2, -0.15) is 9.41 Å². The highest BCUT2D eigenvalue weighted by molar-refractivity contribution is 7.89. The first-order valence-electron chi connectivity index (χ1n) is 12.0. The number of carbonyl (C=O) groups excluding carboxylic acids is 2. The lowest BCUT2D eigenvalue weighted by Crippen LogP contribution is -2.38. The van der Waals surface area contributed by atoms with Crippen molar-refractivity contribution < 1.29 is 27.2 Å².